The molecule has 8 heteroatoms. The number of halogens is 1. The Balaban J connectivity index is 1.37. The van der Waals surface area contributed by atoms with E-state index in [1.165, 1.54) is 6.07 Å². The molecule has 1 amide bonds. The van der Waals surface area contributed by atoms with E-state index in [0.29, 0.717) is 40.7 Å². The number of carbonyl (C=O) groups is 1. The number of hydrogen-bond donors (Lipinski definition) is 3. The van der Waals surface area contributed by atoms with Gasteiger partial charge in [-0.15, -0.1) is 5.10 Å². The van der Waals surface area contributed by atoms with Crippen LogP contribution in [0.3, 0.4) is 0 Å². The summed E-state index contributed by atoms with van der Waals surface area (Å²) in [4.78, 5) is 20.3. The lowest BCUT2D eigenvalue weighted by atomic mass is 10.1. The second kappa shape index (κ2) is 7.07. The number of anilines is 2. The van der Waals surface area contributed by atoms with Crippen LogP contribution in [-0.4, -0.2) is 26.1 Å². The van der Waals surface area contributed by atoms with E-state index in [-0.39, 0.29) is 11.7 Å². The maximum atomic E-state index is 14.7. The summed E-state index contributed by atoms with van der Waals surface area (Å²) >= 11 is 0. The Bertz CT molecular complexity index is 1270. The van der Waals surface area contributed by atoms with Gasteiger partial charge in [0, 0.05) is 35.1 Å². The van der Waals surface area contributed by atoms with Gasteiger partial charge in [0.15, 0.2) is 5.82 Å². The molecule has 2 aromatic heterocycles. The van der Waals surface area contributed by atoms with Gasteiger partial charge >= 0.3 is 0 Å². The molecule has 0 aliphatic carbocycles. The number of hydrogen-bond acceptors (Lipinski definition) is 5. The quantitative estimate of drug-likeness (QED) is 0.482. The molecule has 0 saturated heterocycles. The van der Waals surface area contributed by atoms with Crippen LogP contribution >= 0.6 is 0 Å². The third-order valence-corrected chi connectivity index (χ3v) is 4.96. The Morgan fingerprint density at radius 3 is 2.73 bits per heavy atom. The summed E-state index contributed by atoms with van der Waals surface area (Å²) in [6.07, 6.45) is 1.71. The molecular weight excluding hydrogens is 383 g/mol. The summed E-state index contributed by atoms with van der Waals surface area (Å²) < 4.78 is 14.7. The maximum Gasteiger partial charge on any atom is 0.251 e. The molecule has 148 valence electrons. The van der Waals surface area contributed by atoms with Gasteiger partial charge in [0.05, 0.1) is 5.69 Å². The van der Waals surface area contributed by atoms with E-state index >= 15 is 0 Å². The van der Waals surface area contributed by atoms with Crippen molar-refractivity contribution in [1.29, 1.82) is 0 Å². The van der Waals surface area contributed by atoms with Crippen molar-refractivity contribution in [2.45, 2.75) is 13.5 Å². The van der Waals surface area contributed by atoms with Crippen molar-refractivity contribution in [1.82, 2.24) is 25.5 Å². The normalized spacial score (nSPS) is 12.5. The average molecular weight is 400 g/mol. The van der Waals surface area contributed by atoms with Crippen molar-refractivity contribution in [2.24, 2.45) is 0 Å². The molecule has 0 bridgehead atoms. The predicted octanol–water partition coefficient (Wildman–Crippen LogP) is 3.97. The molecule has 0 unspecified atom stereocenters. The highest BCUT2D eigenvalue weighted by Crippen LogP contribution is 2.27. The first kappa shape index (κ1) is 18.0. The van der Waals surface area contributed by atoms with Crippen LogP contribution in [0.1, 0.15) is 21.5 Å². The number of rotatable bonds is 4. The van der Waals surface area contributed by atoms with Crippen LogP contribution in [0.2, 0.25) is 0 Å². The van der Waals surface area contributed by atoms with Gasteiger partial charge in [0.2, 0.25) is 5.95 Å². The van der Waals surface area contributed by atoms with E-state index in [4.69, 9.17) is 0 Å². The fraction of sp³-hybridized carbons (Fsp3) is 0.0909. The highest BCUT2D eigenvalue weighted by atomic mass is 19.1. The largest absolute Gasteiger partial charge is 0.348 e. The van der Waals surface area contributed by atoms with Gasteiger partial charge in [-0.1, -0.05) is 12.1 Å². The molecule has 0 fully saturated rings. The van der Waals surface area contributed by atoms with Crippen LogP contribution < -0.4 is 10.6 Å². The third kappa shape index (κ3) is 3.28. The molecule has 4 aromatic rings. The SMILES string of the molecule is Cc1ccc(-c2ccc(-c3nc(Nc4ccc5c(c4)CNC5=O)n[nH]3)cc2F)nc1. The lowest BCUT2D eigenvalue weighted by Gasteiger charge is -2.05. The summed E-state index contributed by atoms with van der Waals surface area (Å²) in [6, 6.07) is 14.0. The number of benzene rings is 2. The number of pyridine rings is 1. The van der Waals surface area contributed by atoms with Crippen LogP contribution in [0, 0.1) is 12.7 Å². The number of aryl methyl sites for hydroxylation is 1. The molecule has 1 aliphatic heterocycles. The van der Waals surface area contributed by atoms with Gasteiger partial charge in [-0.05, 0) is 54.4 Å². The van der Waals surface area contributed by atoms with Gasteiger partial charge in [-0.3, -0.25) is 14.9 Å². The van der Waals surface area contributed by atoms with Gasteiger partial charge in [-0.2, -0.15) is 4.98 Å². The Labute approximate surface area is 171 Å². The summed E-state index contributed by atoms with van der Waals surface area (Å²) in [5, 5.41) is 12.9. The van der Waals surface area contributed by atoms with Crippen LogP contribution in [0.25, 0.3) is 22.6 Å². The zero-order valence-electron chi connectivity index (χ0n) is 16.0. The Kier molecular flexibility index (Phi) is 4.24. The standard InChI is InChI=1S/C22H17FN6O/c1-12-2-7-19(24-10-12)17-5-3-13(9-18(17)23)20-27-22(29-28-20)26-15-4-6-16-14(8-15)11-25-21(16)30/h2-10H,11H2,1H3,(H,25,30)(H2,26,27,28,29). The molecule has 1 aliphatic rings. The fourth-order valence-corrected chi connectivity index (χ4v) is 3.38. The van der Waals surface area contributed by atoms with E-state index in [1.807, 2.05) is 19.1 Å². The van der Waals surface area contributed by atoms with Crippen LogP contribution in [0.15, 0.2) is 54.7 Å². The van der Waals surface area contributed by atoms with Crippen LogP contribution in [0.5, 0.6) is 0 Å². The fourth-order valence-electron chi connectivity index (χ4n) is 3.38. The van der Waals surface area contributed by atoms with Crippen molar-refractivity contribution < 1.29 is 9.18 Å². The summed E-state index contributed by atoms with van der Waals surface area (Å²) in [7, 11) is 0. The first-order valence-electron chi connectivity index (χ1n) is 9.40. The second-order valence-corrected chi connectivity index (χ2v) is 7.10. The summed E-state index contributed by atoms with van der Waals surface area (Å²) in [5.74, 6) is 0.346. The summed E-state index contributed by atoms with van der Waals surface area (Å²) in [6.45, 7) is 2.44. The minimum absolute atomic E-state index is 0.0666. The minimum atomic E-state index is -0.384. The van der Waals surface area contributed by atoms with Crippen molar-refractivity contribution in [2.75, 3.05) is 5.32 Å². The van der Waals surface area contributed by atoms with E-state index in [1.54, 1.807) is 36.5 Å². The molecule has 3 heterocycles. The zero-order chi connectivity index (χ0) is 20.7. The smallest absolute Gasteiger partial charge is 0.251 e. The molecule has 0 atom stereocenters. The molecule has 5 rings (SSSR count). The topological polar surface area (TPSA) is 95.6 Å². The first-order valence-corrected chi connectivity index (χ1v) is 9.40. The van der Waals surface area contributed by atoms with E-state index in [2.05, 4.69) is 30.8 Å². The van der Waals surface area contributed by atoms with Crippen molar-refractivity contribution in [3.63, 3.8) is 0 Å². The highest BCUT2D eigenvalue weighted by Gasteiger charge is 2.19. The Morgan fingerprint density at radius 2 is 1.93 bits per heavy atom. The average Bonchev–Trinajstić information content (AvgIpc) is 3.36. The lowest BCUT2D eigenvalue weighted by Crippen LogP contribution is -2.12. The van der Waals surface area contributed by atoms with E-state index < -0.39 is 0 Å². The predicted molar refractivity (Wildman–Crippen MR) is 111 cm³/mol. The number of H-pyrrole nitrogens is 1. The monoisotopic (exact) mass is 400 g/mol. The number of carbonyl (C=O) groups excluding carboxylic acids is 1. The Morgan fingerprint density at radius 1 is 1.07 bits per heavy atom. The number of aromatic nitrogens is 4. The molecule has 3 N–H and O–H groups in total. The number of nitrogens with one attached hydrogen (secondary N) is 3. The molecule has 0 saturated carbocycles. The number of aromatic amines is 1. The van der Waals surface area contributed by atoms with Crippen molar-refractivity contribution >= 4 is 17.5 Å². The lowest BCUT2D eigenvalue weighted by molar-refractivity contribution is 0.0966. The zero-order valence-corrected chi connectivity index (χ0v) is 16.0. The summed E-state index contributed by atoms with van der Waals surface area (Å²) in [5.41, 5.74) is 4.96. The van der Waals surface area contributed by atoms with Crippen LogP contribution in [-0.2, 0) is 6.54 Å². The number of fused-ring (bicyclic) bond motifs is 1. The maximum absolute atomic E-state index is 14.7. The van der Waals surface area contributed by atoms with Crippen LogP contribution in [0.4, 0.5) is 16.0 Å². The number of nitrogens with zero attached hydrogens (tertiary/aromatic N) is 3. The van der Waals surface area contributed by atoms with Gasteiger partial charge in [0.25, 0.3) is 5.91 Å². The molecule has 7 nitrogen and oxygen atoms in total. The van der Waals surface area contributed by atoms with Gasteiger partial charge in [0.1, 0.15) is 5.82 Å². The third-order valence-electron chi connectivity index (χ3n) is 4.96. The second-order valence-electron chi connectivity index (χ2n) is 7.10. The van der Waals surface area contributed by atoms with E-state index in [0.717, 1.165) is 16.8 Å². The molecule has 0 spiro atoms. The van der Waals surface area contributed by atoms with Gasteiger partial charge in [-0.25, -0.2) is 4.39 Å². The van der Waals surface area contributed by atoms with Crippen molar-refractivity contribution in [3.05, 3.63) is 77.2 Å². The van der Waals surface area contributed by atoms with Gasteiger partial charge < -0.3 is 10.6 Å². The highest BCUT2D eigenvalue weighted by molar-refractivity contribution is 5.98. The molecule has 0 radical (unpaired) electrons. The van der Waals surface area contributed by atoms with Crippen molar-refractivity contribution in [3.8, 4) is 22.6 Å². The van der Waals surface area contributed by atoms with E-state index in [9.17, 15) is 9.18 Å². The molecule has 2 aromatic carbocycles. The minimum Gasteiger partial charge on any atom is -0.348 e. The first-order chi connectivity index (χ1) is 14.6. The molecule has 30 heavy (non-hydrogen) atoms. The number of amides is 1. The Hall–Kier alpha value is -4.07. The molecular formula is C22H17FN6O.